The highest BCUT2D eigenvalue weighted by atomic mass is 16.5. The van der Waals surface area contributed by atoms with Crippen molar-refractivity contribution >= 4 is 23.4 Å². The molecule has 0 aliphatic carbocycles. The highest BCUT2D eigenvalue weighted by Gasteiger charge is 2.42. The Bertz CT molecular complexity index is 979. The molecule has 7 heteroatoms. The Balaban J connectivity index is 1.51. The largest absolute Gasteiger partial charge is 0.379 e. The summed E-state index contributed by atoms with van der Waals surface area (Å²) in [6, 6.07) is 13.6. The fourth-order valence-electron chi connectivity index (χ4n) is 4.26. The Morgan fingerprint density at radius 2 is 1.66 bits per heavy atom. The van der Waals surface area contributed by atoms with Gasteiger partial charge in [-0.1, -0.05) is 38.1 Å². The molecule has 168 valence electrons. The summed E-state index contributed by atoms with van der Waals surface area (Å²) >= 11 is 0. The third-order valence-electron chi connectivity index (χ3n) is 5.84. The van der Waals surface area contributed by atoms with Crippen molar-refractivity contribution in [3.63, 3.8) is 0 Å². The van der Waals surface area contributed by atoms with Gasteiger partial charge in [-0.2, -0.15) is 0 Å². The first-order chi connectivity index (χ1) is 15.4. The number of nitrogens with one attached hydrogen (secondary N) is 1. The van der Waals surface area contributed by atoms with Crippen molar-refractivity contribution in [2.75, 3.05) is 31.6 Å². The Morgan fingerprint density at radius 1 is 1.00 bits per heavy atom. The quantitative estimate of drug-likeness (QED) is 0.676. The van der Waals surface area contributed by atoms with Crippen LogP contribution in [0.1, 0.15) is 46.5 Å². The molecule has 0 saturated carbocycles. The van der Waals surface area contributed by atoms with Gasteiger partial charge in [-0.05, 0) is 42.2 Å². The van der Waals surface area contributed by atoms with E-state index in [4.69, 9.17) is 4.74 Å². The molecular formula is C25H29N3O4. The van der Waals surface area contributed by atoms with E-state index < -0.39 is 17.9 Å². The Hall–Kier alpha value is -3.03. The normalized spacial score (nSPS) is 17.5. The van der Waals surface area contributed by atoms with E-state index >= 15 is 0 Å². The van der Waals surface area contributed by atoms with Gasteiger partial charge in [-0.25, -0.2) is 0 Å². The molecule has 32 heavy (non-hydrogen) atoms. The molecule has 3 amide bonds. The fourth-order valence-corrected chi connectivity index (χ4v) is 4.26. The van der Waals surface area contributed by atoms with E-state index in [1.165, 1.54) is 0 Å². The average molecular weight is 436 g/mol. The van der Waals surface area contributed by atoms with Crippen molar-refractivity contribution in [3.05, 3.63) is 65.2 Å². The monoisotopic (exact) mass is 435 g/mol. The number of anilines is 1. The summed E-state index contributed by atoms with van der Waals surface area (Å²) in [5.74, 6) is -1.04. The van der Waals surface area contributed by atoms with Crippen LogP contribution in [0.5, 0.6) is 0 Å². The molecule has 4 rings (SSSR count). The van der Waals surface area contributed by atoms with E-state index in [9.17, 15) is 14.4 Å². The summed E-state index contributed by atoms with van der Waals surface area (Å²) in [5, 5.41) is 2.94. The number of hydrogen-bond donors (Lipinski definition) is 1. The summed E-state index contributed by atoms with van der Waals surface area (Å²) in [5.41, 5.74) is 2.45. The number of imide groups is 1. The molecule has 1 fully saturated rings. The molecule has 0 bridgehead atoms. The van der Waals surface area contributed by atoms with Crippen molar-refractivity contribution in [1.29, 1.82) is 0 Å². The van der Waals surface area contributed by atoms with Crippen molar-refractivity contribution in [3.8, 4) is 0 Å². The van der Waals surface area contributed by atoms with Crippen LogP contribution in [0, 0.1) is 5.92 Å². The van der Waals surface area contributed by atoms with E-state index in [1.807, 2.05) is 38.1 Å². The summed E-state index contributed by atoms with van der Waals surface area (Å²) in [4.78, 5) is 42.7. The average Bonchev–Trinajstić information content (AvgIpc) is 3.03. The number of nitrogens with zero attached hydrogens (tertiary/aromatic N) is 2. The number of benzene rings is 2. The first kappa shape index (κ1) is 22.2. The first-order valence-corrected chi connectivity index (χ1v) is 11.1. The number of amides is 3. The van der Waals surface area contributed by atoms with Crippen molar-refractivity contribution < 1.29 is 19.1 Å². The number of rotatable bonds is 7. The predicted octanol–water partition coefficient (Wildman–Crippen LogP) is 3.17. The molecule has 1 N–H and O–H groups in total. The van der Waals surface area contributed by atoms with Gasteiger partial charge in [0.2, 0.25) is 5.91 Å². The number of carbonyl (C=O) groups excluding carboxylic acids is 3. The topological polar surface area (TPSA) is 79.0 Å². The molecule has 1 unspecified atom stereocenters. The third kappa shape index (κ3) is 4.74. The molecule has 1 saturated heterocycles. The van der Waals surface area contributed by atoms with Crippen LogP contribution in [0.25, 0.3) is 0 Å². The summed E-state index contributed by atoms with van der Waals surface area (Å²) in [6.45, 7) is 7.95. The van der Waals surface area contributed by atoms with Gasteiger partial charge < -0.3 is 10.1 Å². The van der Waals surface area contributed by atoms with Gasteiger partial charge in [-0.3, -0.25) is 24.2 Å². The molecule has 2 heterocycles. The summed E-state index contributed by atoms with van der Waals surface area (Å²) in [6.07, 6.45) is 0.394. The Kier molecular flexibility index (Phi) is 6.67. The summed E-state index contributed by atoms with van der Waals surface area (Å²) in [7, 11) is 0. The lowest BCUT2D eigenvalue weighted by Crippen LogP contribution is -2.48. The van der Waals surface area contributed by atoms with Gasteiger partial charge in [0.1, 0.15) is 6.04 Å². The van der Waals surface area contributed by atoms with Crippen LogP contribution in [-0.2, 0) is 16.1 Å². The lowest BCUT2D eigenvalue weighted by molar-refractivity contribution is -0.120. The maximum atomic E-state index is 13.3. The maximum absolute atomic E-state index is 13.3. The van der Waals surface area contributed by atoms with Crippen molar-refractivity contribution in [1.82, 2.24) is 9.80 Å². The van der Waals surface area contributed by atoms with Gasteiger partial charge in [0.15, 0.2) is 0 Å². The minimum Gasteiger partial charge on any atom is -0.379 e. The first-order valence-electron chi connectivity index (χ1n) is 11.1. The van der Waals surface area contributed by atoms with E-state index in [0.717, 1.165) is 43.3 Å². The van der Waals surface area contributed by atoms with Crippen LogP contribution >= 0.6 is 0 Å². The van der Waals surface area contributed by atoms with Crippen LogP contribution in [0.3, 0.4) is 0 Å². The fraction of sp³-hybridized carbons (Fsp3) is 0.400. The Labute approximate surface area is 188 Å². The third-order valence-corrected chi connectivity index (χ3v) is 5.84. The van der Waals surface area contributed by atoms with Crippen LogP contribution in [0.2, 0.25) is 0 Å². The number of fused-ring (bicyclic) bond motifs is 1. The molecule has 1 atom stereocenters. The lowest BCUT2D eigenvalue weighted by atomic mass is 10.0. The Morgan fingerprint density at radius 3 is 2.28 bits per heavy atom. The maximum Gasteiger partial charge on any atom is 0.262 e. The van der Waals surface area contributed by atoms with Crippen LogP contribution in [0.4, 0.5) is 5.69 Å². The molecule has 7 nitrogen and oxygen atoms in total. The number of ether oxygens (including phenoxy) is 1. The molecular weight excluding hydrogens is 406 g/mol. The van der Waals surface area contributed by atoms with Gasteiger partial charge in [-0.15, -0.1) is 0 Å². The van der Waals surface area contributed by atoms with E-state index in [2.05, 4.69) is 10.2 Å². The minimum atomic E-state index is -0.870. The van der Waals surface area contributed by atoms with Gasteiger partial charge in [0.25, 0.3) is 11.8 Å². The van der Waals surface area contributed by atoms with Gasteiger partial charge in [0, 0.05) is 25.3 Å². The van der Waals surface area contributed by atoms with Crippen molar-refractivity contribution in [2.45, 2.75) is 32.9 Å². The molecule has 2 aromatic carbocycles. The second-order valence-corrected chi connectivity index (χ2v) is 8.75. The zero-order valence-electron chi connectivity index (χ0n) is 18.5. The zero-order valence-corrected chi connectivity index (χ0v) is 18.5. The number of carbonyl (C=O) groups is 3. The smallest absolute Gasteiger partial charge is 0.262 e. The standard InChI is InChI=1S/C25H29N3O4/c1-17(2)14-22(28-24(30)20-8-3-4-9-21(20)25(28)31)23(29)26-19-7-5-6-18(15-19)16-27-10-12-32-13-11-27/h3-9,15,17,22H,10-14,16H2,1-2H3,(H,26,29). The van der Waals surface area contributed by atoms with E-state index in [1.54, 1.807) is 24.3 Å². The SMILES string of the molecule is CC(C)CC(C(=O)Nc1cccc(CN2CCOCC2)c1)N1C(=O)c2ccccc2C1=O. The number of hydrogen-bond acceptors (Lipinski definition) is 5. The van der Waals surface area contributed by atoms with Crippen LogP contribution < -0.4 is 5.32 Å². The second-order valence-electron chi connectivity index (χ2n) is 8.75. The van der Waals surface area contributed by atoms with Crippen molar-refractivity contribution in [2.24, 2.45) is 5.92 Å². The number of morpholine rings is 1. The molecule has 0 aromatic heterocycles. The molecule has 2 aliphatic rings. The highest BCUT2D eigenvalue weighted by molar-refractivity contribution is 6.23. The van der Waals surface area contributed by atoms with Crippen LogP contribution in [-0.4, -0.2) is 59.9 Å². The zero-order chi connectivity index (χ0) is 22.7. The molecule has 0 spiro atoms. The van der Waals surface area contributed by atoms with Crippen LogP contribution in [0.15, 0.2) is 48.5 Å². The summed E-state index contributed by atoms with van der Waals surface area (Å²) < 4.78 is 5.40. The second kappa shape index (κ2) is 9.63. The van der Waals surface area contributed by atoms with E-state index in [-0.39, 0.29) is 11.8 Å². The lowest BCUT2D eigenvalue weighted by Gasteiger charge is -2.27. The predicted molar refractivity (Wildman–Crippen MR) is 121 cm³/mol. The highest BCUT2D eigenvalue weighted by Crippen LogP contribution is 2.27. The van der Waals surface area contributed by atoms with Gasteiger partial charge in [0.05, 0.1) is 24.3 Å². The molecule has 2 aliphatic heterocycles. The minimum absolute atomic E-state index is 0.128. The molecule has 0 radical (unpaired) electrons. The van der Waals surface area contributed by atoms with Gasteiger partial charge >= 0.3 is 0 Å². The molecule has 2 aromatic rings. The van der Waals surface area contributed by atoms with E-state index in [0.29, 0.717) is 23.2 Å².